The lowest BCUT2D eigenvalue weighted by molar-refractivity contribution is -0.645. The third kappa shape index (κ3) is 4.07. The first-order valence-corrected chi connectivity index (χ1v) is 8.17. The molecule has 0 unspecified atom stereocenters. The van der Waals surface area contributed by atoms with Crippen molar-refractivity contribution in [2.75, 3.05) is 19.1 Å². The summed E-state index contributed by atoms with van der Waals surface area (Å²) in [7, 11) is 0. The van der Waals surface area contributed by atoms with Gasteiger partial charge in [0.05, 0.1) is 5.75 Å². The van der Waals surface area contributed by atoms with E-state index in [2.05, 4.69) is 5.32 Å². The lowest BCUT2D eigenvalue weighted by Crippen LogP contribution is -2.30. The first-order valence-electron chi connectivity index (χ1n) is 7.18. The molecule has 2 aromatic rings. The summed E-state index contributed by atoms with van der Waals surface area (Å²) in [5, 5.41) is 14.8. The van der Waals surface area contributed by atoms with Gasteiger partial charge in [-0.1, -0.05) is 6.07 Å². The van der Waals surface area contributed by atoms with Crippen LogP contribution in [0.3, 0.4) is 0 Å². The first-order chi connectivity index (χ1) is 11.2. The van der Waals surface area contributed by atoms with E-state index in [4.69, 9.17) is 9.47 Å². The third-order valence-electron chi connectivity index (χ3n) is 3.31. The number of ether oxygens (including phenoxy) is 2. The van der Waals surface area contributed by atoms with Crippen molar-refractivity contribution in [3.05, 3.63) is 53.4 Å². The van der Waals surface area contributed by atoms with E-state index < -0.39 is 0 Å². The van der Waals surface area contributed by atoms with Crippen molar-refractivity contribution in [2.45, 2.75) is 11.4 Å². The molecule has 1 aromatic heterocycles. The molecule has 0 spiro atoms. The summed E-state index contributed by atoms with van der Waals surface area (Å²) in [6.45, 7) is 0.789. The van der Waals surface area contributed by atoms with Crippen molar-refractivity contribution in [3.63, 3.8) is 0 Å². The van der Waals surface area contributed by atoms with E-state index >= 15 is 0 Å². The molecule has 1 aromatic carbocycles. The predicted molar refractivity (Wildman–Crippen MR) is 85.4 cm³/mol. The van der Waals surface area contributed by atoms with Gasteiger partial charge in [0.1, 0.15) is 0 Å². The van der Waals surface area contributed by atoms with Gasteiger partial charge in [0.2, 0.25) is 12.7 Å². The topological polar surface area (TPSA) is 74.5 Å². The number of fused-ring (bicyclic) bond motifs is 1. The van der Waals surface area contributed by atoms with Crippen LogP contribution in [0.15, 0.2) is 47.6 Å². The molecule has 0 fully saturated rings. The molecule has 1 N–H and O–H groups in total. The number of pyridine rings is 1. The quantitative estimate of drug-likeness (QED) is 0.493. The first kappa shape index (κ1) is 15.5. The summed E-state index contributed by atoms with van der Waals surface area (Å²) >= 11 is 1.22. The molecule has 0 bridgehead atoms. The van der Waals surface area contributed by atoms with Crippen molar-refractivity contribution in [1.29, 1.82) is 0 Å². The molecule has 0 atom stereocenters. The van der Waals surface area contributed by atoms with E-state index in [1.54, 1.807) is 18.2 Å². The van der Waals surface area contributed by atoms with Crippen molar-refractivity contribution in [1.82, 2.24) is 5.32 Å². The SMILES string of the molecule is O=C(CSc1cccc[n+]1[O-])NCCc1ccc2c(c1)OCO2. The van der Waals surface area contributed by atoms with Crippen molar-refractivity contribution >= 4 is 17.7 Å². The minimum atomic E-state index is -0.0976. The van der Waals surface area contributed by atoms with Crippen LogP contribution in [0.25, 0.3) is 0 Å². The minimum absolute atomic E-state index is 0.0976. The summed E-state index contributed by atoms with van der Waals surface area (Å²) in [6.07, 6.45) is 2.12. The Morgan fingerprint density at radius 2 is 2.13 bits per heavy atom. The number of carbonyl (C=O) groups is 1. The number of nitrogens with zero attached hydrogens (tertiary/aromatic N) is 1. The Bertz CT molecular complexity index is 708. The highest BCUT2D eigenvalue weighted by molar-refractivity contribution is 7.99. The lowest BCUT2D eigenvalue weighted by atomic mass is 10.1. The van der Waals surface area contributed by atoms with Crippen LogP contribution in [-0.2, 0) is 11.2 Å². The molecule has 1 aliphatic rings. The second-order valence-electron chi connectivity index (χ2n) is 4.94. The molecule has 0 saturated heterocycles. The zero-order chi connectivity index (χ0) is 16.1. The standard InChI is InChI=1S/C16H16N2O4S/c19-15(10-23-16-3-1-2-8-18(16)20)17-7-6-12-4-5-13-14(9-12)22-11-21-13/h1-5,8-9H,6-7,10-11H2,(H,17,19). The fourth-order valence-electron chi connectivity index (χ4n) is 2.16. The van der Waals surface area contributed by atoms with Crippen molar-refractivity contribution in [2.24, 2.45) is 0 Å². The summed E-state index contributed by atoms with van der Waals surface area (Å²) in [5.74, 6) is 1.61. The summed E-state index contributed by atoms with van der Waals surface area (Å²) < 4.78 is 11.3. The van der Waals surface area contributed by atoms with Crippen molar-refractivity contribution in [3.8, 4) is 11.5 Å². The van der Waals surface area contributed by atoms with Gasteiger partial charge in [0, 0.05) is 18.7 Å². The van der Waals surface area contributed by atoms with E-state index in [9.17, 15) is 10.0 Å². The minimum Gasteiger partial charge on any atom is -0.618 e. The smallest absolute Gasteiger partial charge is 0.251 e. The third-order valence-corrected chi connectivity index (χ3v) is 4.33. The molecule has 0 aliphatic carbocycles. The fourth-order valence-corrected chi connectivity index (χ4v) is 2.90. The van der Waals surface area contributed by atoms with Crippen molar-refractivity contribution < 1.29 is 19.0 Å². The molecular formula is C16H16N2O4S. The van der Waals surface area contributed by atoms with Gasteiger partial charge >= 0.3 is 0 Å². The molecule has 7 heteroatoms. The van der Waals surface area contributed by atoms with Crippen LogP contribution in [0.5, 0.6) is 11.5 Å². The number of amides is 1. The van der Waals surface area contributed by atoms with Gasteiger partial charge in [0.25, 0.3) is 5.03 Å². The van der Waals surface area contributed by atoms with Gasteiger partial charge in [-0.2, -0.15) is 4.73 Å². The number of hydrogen-bond acceptors (Lipinski definition) is 5. The molecule has 3 rings (SSSR count). The number of carbonyl (C=O) groups excluding carboxylic acids is 1. The number of thioether (sulfide) groups is 1. The van der Waals surface area contributed by atoms with Gasteiger partial charge in [-0.25, -0.2) is 0 Å². The number of rotatable bonds is 6. The molecule has 23 heavy (non-hydrogen) atoms. The Balaban J connectivity index is 1.42. The van der Waals surface area contributed by atoms with E-state index in [0.29, 0.717) is 18.0 Å². The maximum Gasteiger partial charge on any atom is 0.251 e. The molecule has 0 saturated carbocycles. The van der Waals surface area contributed by atoms with Gasteiger partial charge in [0.15, 0.2) is 17.7 Å². The van der Waals surface area contributed by atoms with Crippen LogP contribution in [0.2, 0.25) is 0 Å². The second kappa shape index (κ2) is 7.23. The Labute approximate surface area is 138 Å². The molecule has 6 nitrogen and oxygen atoms in total. The largest absolute Gasteiger partial charge is 0.618 e. The monoisotopic (exact) mass is 332 g/mol. The second-order valence-corrected chi connectivity index (χ2v) is 5.94. The number of nitrogens with one attached hydrogen (secondary N) is 1. The van der Waals surface area contributed by atoms with Gasteiger partial charge in [-0.05, 0) is 41.9 Å². The number of hydrogen-bond donors (Lipinski definition) is 1. The van der Waals surface area contributed by atoms with E-state index in [-0.39, 0.29) is 18.5 Å². The van der Waals surface area contributed by atoms with Crippen LogP contribution in [-0.4, -0.2) is 25.0 Å². The molecule has 1 amide bonds. The zero-order valence-corrected chi connectivity index (χ0v) is 13.2. The number of aromatic nitrogens is 1. The molecule has 2 heterocycles. The number of benzene rings is 1. The van der Waals surface area contributed by atoms with Gasteiger partial charge in [-0.15, -0.1) is 0 Å². The maximum atomic E-state index is 11.8. The van der Waals surface area contributed by atoms with Gasteiger partial charge < -0.3 is 20.0 Å². The molecular weight excluding hydrogens is 316 g/mol. The fraction of sp³-hybridized carbons (Fsp3) is 0.250. The van der Waals surface area contributed by atoms with Crippen LogP contribution < -0.4 is 19.5 Å². The molecule has 1 aliphatic heterocycles. The van der Waals surface area contributed by atoms with Crippen LogP contribution in [0.1, 0.15) is 5.56 Å². The summed E-state index contributed by atoms with van der Waals surface area (Å²) in [5.41, 5.74) is 1.07. The lowest BCUT2D eigenvalue weighted by Gasteiger charge is -2.06. The summed E-state index contributed by atoms with van der Waals surface area (Å²) in [6, 6.07) is 10.9. The summed E-state index contributed by atoms with van der Waals surface area (Å²) in [4.78, 5) is 11.8. The molecule has 120 valence electrons. The van der Waals surface area contributed by atoms with E-state index in [1.807, 2.05) is 18.2 Å². The predicted octanol–water partition coefficient (Wildman–Crippen LogP) is 1.50. The van der Waals surface area contributed by atoms with Gasteiger partial charge in [-0.3, -0.25) is 4.79 Å². The Kier molecular flexibility index (Phi) is 4.87. The highest BCUT2D eigenvalue weighted by Crippen LogP contribution is 2.32. The average Bonchev–Trinajstić information content (AvgIpc) is 3.02. The van der Waals surface area contributed by atoms with E-state index in [1.165, 1.54) is 18.0 Å². The Morgan fingerprint density at radius 3 is 3.00 bits per heavy atom. The Hall–Kier alpha value is -2.41. The average molecular weight is 332 g/mol. The van der Waals surface area contributed by atoms with E-state index in [0.717, 1.165) is 21.8 Å². The normalized spacial score (nSPS) is 12.2. The Morgan fingerprint density at radius 1 is 1.26 bits per heavy atom. The van der Waals surface area contributed by atoms with Crippen LogP contribution >= 0.6 is 11.8 Å². The highest BCUT2D eigenvalue weighted by atomic mass is 32.2. The zero-order valence-electron chi connectivity index (χ0n) is 12.4. The highest BCUT2D eigenvalue weighted by Gasteiger charge is 2.13. The maximum absolute atomic E-state index is 11.8. The molecule has 0 radical (unpaired) electrons. The van der Waals surface area contributed by atoms with Crippen LogP contribution in [0, 0.1) is 5.21 Å². The van der Waals surface area contributed by atoms with Crippen LogP contribution in [0.4, 0.5) is 0 Å².